The van der Waals surface area contributed by atoms with Crippen molar-refractivity contribution >= 4 is 16.0 Å². The van der Waals surface area contributed by atoms with Crippen molar-refractivity contribution in [3.8, 4) is 0 Å². The standard InChI is InChI=1S/C20H26F3NO4S/c1-4-16(6-5-12(2)20(21,22)23)29(26,27)24-17-14-7-13-8-15(17)11-19(9-13,10-14)18(25)28-3/h4-6,13-15,17,24H,1,7-11H2,2-3H3/b12-5+,16-6+/t13?,14-,15?,17?,19?/m0/s1. The van der Waals surface area contributed by atoms with Crippen LogP contribution in [0.3, 0.4) is 0 Å². The van der Waals surface area contributed by atoms with Crippen molar-refractivity contribution in [3.05, 3.63) is 35.3 Å². The van der Waals surface area contributed by atoms with Crippen LogP contribution in [0.5, 0.6) is 0 Å². The molecule has 4 saturated carbocycles. The number of alkyl halides is 3. The Hall–Kier alpha value is -1.61. The van der Waals surface area contributed by atoms with Crippen molar-refractivity contribution in [2.45, 2.75) is 51.2 Å². The maximum absolute atomic E-state index is 12.8. The molecule has 4 aliphatic rings. The van der Waals surface area contributed by atoms with Crippen LogP contribution in [0, 0.1) is 23.2 Å². The zero-order valence-electron chi connectivity index (χ0n) is 16.5. The third-order valence-corrected chi connectivity index (χ3v) is 8.14. The molecule has 0 aliphatic heterocycles. The predicted molar refractivity (Wildman–Crippen MR) is 102 cm³/mol. The van der Waals surface area contributed by atoms with E-state index in [-0.39, 0.29) is 28.8 Å². The summed E-state index contributed by atoms with van der Waals surface area (Å²) >= 11 is 0. The highest BCUT2D eigenvalue weighted by Crippen LogP contribution is 2.60. The fraction of sp³-hybridized carbons (Fsp3) is 0.650. The van der Waals surface area contributed by atoms with Gasteiger partial charge in [0, 0.05) is 11.6 Å². The second-order valence-corrected chi connectivity index (χ2v) is 10.2. The molecule has 0 spiro atoms. The van der Waals surface area contributed by atoms with Gasteiger partial charge in [-0.15, -0.1) is 0 Å². The van der Waals surface area contributed by atoms with E-state index >= 15 is 0 Å². The minimum atomic E-state index is -4.52. The van der Waals surface area contributed by atoms with Crippen LogP contribution in [-0.4, -0.2) is 33.7 Å². The highest BCUT2D eigenvalue weighted by molar-refractivity contribution is 7.93. The minimum absolute atomic E-state index is 0.00800. The first-order valence-corrected chi connectivity index (χ1v) is 11.1. The predicted octanol–water partition coefficient (Wildman–Crippen LogP) is 3.85. The molecule has 162 valence electrons. The van der Waals surface area contributed by atoms with Crippen molar-refractivity contribution in [3.63, 3.8) is 0 Å². The van der Waals surface area contributed by atoms with E-state index in [1.165, 1.54) is 7.11 Å². The van der Waals surface area contributed by atoms with Crippen LogP contribution in [0.4, 0.5) is 13.2 Å². The van der Waals surface area contributed by atoms with Crippen molar-refractivity contribution in [2.24, 2.45) is 23.2 Å². The Morgan fingerprint density at radius 2 is 1.76 bits per heavy atom. The summed E-state index contributed by atoms with van der Waals surface area (Å²) in [6.45, 7) is 4.31. The molecule has 4 bridgehead atoms. The molecule has 0 aromatic heterocycles. The van der Waals surface area contributed by atoms with Crippen LogP contribution in [0.25, 0.3) is 0 Å². The van der Waals surface area contributed by atoms with Crippen LogP contribution in [-0.2, 0) is 19.6 Å². The normalized spacial score (nSPS) is 34.9. The van der Waals surface area contributed by atoms with Crippen molar-refractivity contribution < 1.29 is 31.1 Å². The summed E-state index contributed by atoms with van der Waals surface area (Å²) in [7, 11) is -2.66. The third kappa shape index (κ3) is 4.17. The molecule has 0 amide bonds. The van der Waals surface area contributed by atoms with Crippen LogP contribution in [0.1, 0.15) is 39.0 Å². The molecule has 0 heterocycles. The molecular formula is C20H26F3NO4S. The Bertz CT molecular complexity index is 843. The maximum atomic E-state index is 12.8. The molecule has 4 rings (SSSR count). The lowest BCUT2D eigenvalue weighted by Crippen LogP contribution is -2.61. The number of hydrogen-bond acceptors (Lipinski definition) is 4. The van der Waals surface area contributed by atoms with Gasteiger partial charge in [0.25, 0.3) is 0 Å². The van der Waals surface area contributed by atoms with E-state index in [1.807, 2.05) is 0 Å². The average Bonchev–Trinajstić information content (AvgIpc) is 2.62. The van der Waals surface area contributed by atoms with Gasteiger partial charge < -0.3 is 4.74 Å². The number of rotatable bonds is 6. The van der Waals surface area contributed by atoms with Crippen LogP contribution < -0.4 is 4.72 Å². The molecule has 0 saturated heterocycles. The average molecular weight is 433 g/mol. The van der Waals surface area contributed by atoms with Gasteiger partial charge in [0.2, 0.25) is 10.0 Å². The quantitative estimate of drug-likeness (QED) is 0.510. The van der Waals surface area contributed by atoms with Crippen LogP contribution in [0.15, 0.2) is 35.3 Å². The van der Waals surface area contributed by atoms with Gasteiger partial charge in [-0.1, -0.05) is 12.7 Å². The fourth-order valence-electron chi connectivity index (χ4n) is 5.50. The molecule has 5 nitrogen and oxygen atoms in total. The number of allylic oxidation sites excluding steroid dienone is 4. The SMILES string of the molecule is C=C/C(=C\C=C(/C)C(F)(F)F)S(=O)(=O)NC1C2CC3C[C@H]1CC(C(=O)OC)(C3)C2. The Morgan fingerprint density at radius 3 is 2.24 bits per heavy atom. The number of hydrogen-bond donors (Lipinski definition) is 1. The first kappa shape index (κ1) is 22.1. The number of ether oxygens (including phenoxy) is 1. The molecule has 1 N–H and O–H groups in total. The van der Waals surface area contributed by atoms with Gasteiger partial charge in [0.1, 0.15) is 0 Å². The summed E-state index contributed by atoms with van der Waals surface area (Å²) in [5, 5.41) is 0. The van der Waals surface area contributed by atoms with E-state index in [0.29, 0.717) is 18.8 Å². The highest BCUT2D eigenvalue weighted by atomic mass is 32.2. The van der Waals surface area contributed by atoms with Gasteiger partial charge in [-0.25, -0.2) is 13.1 Å². The Kier molecular flexibility index (Phi) is 5.77. The van der Waals surface area contributed by atoms with E-state index in [1.54, 1.807) is 0 Å². The van der Waals surface area contributed by atoms with E-state index < -0.39 is 27.2 Å². The van der Waals surface area contributed by atoms with Crippen LogP contribution >= 0.6 is 0 Å². The molecule has 9 heteroatoms. The number of esters is 1. The fourth-order valence-corrected chi connectivity index (χ4v) is 6.85. The molecule has 4 aliphatic carbocycles. The summed E-state index contributed by atoms with van der Waals surface area (Å²) in [6.07, 6.45) is 1.76. The number of nitrogens with one attached hydrogen (secondary N) is 1. The van der Waals surface area contributed by atoms with Crippen molar-refractivity contribution in [1.29, 1.82) is 0 Å². The maximum Gasteiger partial charge on any atom is 0.412 e. The molecule has 29 heavy (non-hydrogen) atoms. The number of carbonyl (C=O) groups excluding carboxylic acids is 1. The largest absolute Gasteiger partial charge is 0.469 e. The summed E-state index contributed by atoms with van der Waals surface area (Å²) in [4.78, 5) is 12.1. The molecule has 0 aromatic carbocycles. The molecule has 4 fully saturated rings. The summed E-state index contributed by atoms with van der Waals surface area (Å²) in [5.41, 5.74) is -1.43. The molecule has 0 radical (unpaired) electrons. The number of halogens is 3. The van der Waals surface area contributed by atoms with Crippen LogP contribution in [0.2, 0.25) is 0 Å². The monoisotopic (exact) mass is 433 g/mol. The third-order valence-electron chi connectivity index (χ3n) is 6.64. The van der Waals surface area contributed by atoms with Gasteiger partial charge in [-0.3, -0.25) is 4.79 Å². The zero-order chi connectivity index (χ0) is 21.6. The van der Waals surface area contributed by atoms with E-state index in [0.717, 1.165) is 44.4 Å². The topological polar surface area (TPSA) is 72.5 Å². The highest BCUT2D eigenvalue weighted by Gasteiger charge is 2.59. The summed E-state index contributed by atoms with van der Waals surface area (Å²) in [6, 6.07) is -0.342. The Morgan fingerprint density at radius 1 is 1.17 bits per heavy atom. The lowest BCUT2D eigenvalue weighted by Gasteiger charge is -2.58. The van der Waals surface area contributed by atoms with Crippen molar-refractivity contribution in [2.75, 3.05) is 7.11 Å². The Labute approximate surface area is 169 Å². The smallest absolute Gasteiger partial charge is 0.412 e. The number of sulfonamides is 1. The number of carbonyl (C=O) groups is 1. The second-order valence-electron chi connectivity index (χ2n) is 8.51. The summed E-state index contributed by atoms with van der Waals surface area (Å²) in [5.74, 6) is 0.166. The van der Waals surface area contributed by atoms with Gasteiger partial charge in [-0.2, -0.15) is 13.2 Å². The number of methoxy groups -OCH3 is 1. The first-order chi connectivity index (χ1) is 13.4. The minimum Gasteiger partial charge on any atom is -0.469 e. The first-order valence-electron chi connectivity index (χ1n) is 9.61. The van der Waals surface area contributed by atoms with Gasteiger partial charge in [0.15, 0.2) is 0 Å². The molecular weight excluding hydrogens is 407 g/mol. The lowest BCUT2D eigenvalue weighted by molar-refractivity contribution is -0.170. The molecule has 5 atom stereocenters. The zero-order valence-corrected chi connectivity index (χ0v) is 17.3. The molecule has 0 aromatic rings. The van der Waals surface area contributed by atoms with E-state index in [2.05, 4.69) is 11.3 Å². The van der Waals surface area contributed by atoms with Crippen molar-refractivity contribution in [1.82, 2.24) is 4.72 Å². The Balaban J connectivity index is 1.81. The molecule has 4 unspecified atom stereocenters. The van der Waals surface area contributed by atoms with Gasteiger partial charge >= 0.3 is 12.1 Å². The van der Waals surface area contributed by atoms with E-state index in [4.69, 9.17) is 4.74 Å². The summed E-state index contributed by atoms with van der Waals surface area (Å²) < 4.78 is 71.4. The van der Waals surface area contributed by atoms with E-state index in [9.17, 15) is 26.4 Å². The second kappa shape index (κ2) is 7.58. The van der Waals surface area contributed by atoms with Gasteiger partial charge in [0.05, 0.1) is 17.4 Å². The lowest BCUT2D eigenvalue weighted by atomic mass is 9.48. The van der Waals surface area contributed by atoms with Gasteiger partial charge in [-0.05, 0) is 68.9 Å².